The van der Waals surface area contributed by atoms with Gasteiger partial charge in [-0.15, -0.1) is 0 Å². The Bertz CT molecular complexity index is 1580. The molecular weight excluding hydrogens is 436 g/mol. The first kappa shape index (κ1) is 20.5. The van der Waals surface area contributed by atoms with Crippen LogP contribution in [0, 0.1) is 0 Å². The minimum Gasteiger partial charge on any atom is -0.310 e. The second kappa shape index (κ2) is 9.81. The largest absolute Gasteiger partial charge is 0.310 e. The molecule has 6 aromatic rings. The first-order valence-corrected chi connectivity index (χ1v) is 12.1. The monoisotopic (exact) mass is 464 g/mol. The molecule has 0 spiro atoms. The Morgan fingerprint density at radius 1 is 0.333 bits per heavy atom. The Kier molecular flexibility index (Phi) is 5.60. The standard InChI is InChI=1S/C34H26N2/c1-5-13-29(14-6-1)35(30-15-7-2-8-16-30)33-23-21-27-22-24-34(26-28(27)25-33)36(31-17-9-3-10-18-31)32-19-11-4-12-20-32/h1-26H/i1T. The number of hydrogen-bond donors (Lipinski definition) is 0. The average molecular weight is 465 g/mol. The second-order valence-electron chi connectivity index (χ2n) is 8.65. The van der Waals surface area contributed by atoms with Gasteiger partial charge >= 0.3 is 0 Å². The van der Waals surface area contributed by atoms with Crippen LogP contribution in [0.2, 0.25) is 0 Å². The van der Waals surface area contributed by atoms with Crippen LogP contribution in [0.4, 0.5) is 34.1 Å². The number of nitrogens with zero attached hydrogens (tertiary/aromatic N) is 2. The van der Waals surface area contributed by atoms with E-state index in [1.54, 1.807) is 0 Å². The van der Waals surface area contributed by atoms with E-state index in [1.807, 2.05) is 42.5 Å². The van der Waals surface area contributed by atoms with E-state index in [4.69, 9.17) is 1.37 Å². The summed E-state index contributed by atoms with van der Waals surface area (Å²) in [5.74, 6) is 0. The van der Waals surface area contributed by atoms with E-state index in [0.717, 1.165) is 39.5 Å². The first-order valence-electron chi connectivity index (χ1n) is 12.6. The molecular formula is C34H26N2. The number of benzene rings is 6. The molecule has 2 nitrogen and oxygen atoms in total. The van der Waals surface area contributed by atoms with Crippen LogP contribution in [-0.4, -0.2) is 0 Å². The zero-order valence-corrected chi connectivity index (χ0v) is 19.8. The maximum absolute atomic E-state index is 7.93. The van der Waals surface area contributed by atoms with Gasteiger partial charge in [0.2, 0.25) is 0 Å². The van der Waals surface area contributed by atoms with Crippen LogP contribution >= 0.6 is 0 Å². The minimum atomic E-state index is 0.502. The van der Waals surface area contributed by atoms with Crippen LogP contribution in [0.15, 0.2) is 158 Å². The van der Waals surface area contributed by atoms with E-state index >= 15 is 0 Å². The molecule has 2 heteroatoms. The zero-order chi connectivity index (χ0) is 25.0. The molecule has 0 N–H and O–H groups in total. The van der Waals surface area contributed by atoms with Gasteiger partial charge in [0.1, 0.15) is 0 Å². The molecule has 0 atom stereocenters. The summed E-state index contributed by atoms with van der Waals surface area (Å²) >= 11 is 0. The molecule has 6 rings (SSSR count). The van der Waals surface area contributed by atoms with Crippen molar-refractivity contribution in [3.8, 4) is 0 Å². The number of hydrogen-bond acceptors (Lipinski definition) is 2. The lowest BCUT2D eigenvalue weighted by atomic mass is 10.1. The maximum Gasteiger partial charge on any atom is 0.0623 e. The summed E-state index contributed by atoms with van der Waals surface area (Å²) in [5, 5.41) is 2.34. The summed E-state index contributed by atoms with van der Waals surface area (Å²) in [6, 6.07) is 52.7. The third-order valence-corrected chi connectivity index (χ3v) is 6.33. The predicted molar refractivity (Wildman–Crippen MR) is 153 cm³/mol. The normalized spacial score (nSPS) is 11.2. The summed E-state index contributed by atoms with van der Waals surface area (Å²) in [6.45, 7) is 0. The first-order chi connectivity index (χ1) is 18.3. The van der Waals surface area contributed by atoms with Gasteiger partial charge in [0.25, 0.3) is 0 Å². The van der Waals surface area contributed by atoms with Crippen LogP contribution in [-0.2, 0) is 0 Å². The molecule has 0 heterocycles. The van der Waals surface area contributed by atoms with Crippen molar-refractivity contribution in [2.45, 2.75) is 0 Å². The van der Waals surface area contributed by atoms with Gasteiger partial charge in [-0.25, -0.2) is 0 Å². The SMILES string of the molecule is [3H]c1ccc(N(c2ccccc2)c2ccc3ccc(N(c4ccccc4)c4ccccc4)cc3c2)cc1. The highest BCUT2D eigenvalue weighted by atomic mass is 15.1. The summed E-state index contributed by atoms with van der Waals surface area (Å²) in [6.07, 6.45) is 0. The Morgan fingerprint density at radius 3 is 1.08 bits per heavy atom. The van der Waals surface area contributed by atoms with E-state index in [2.05, 4.69) is 119 Å². The molecule has 0 fully saturated rings. The highest BCUT2D eigenvalue weighted by Gasteiger charge is 2.15. The van der Waals surface area contributed by atoms with Gasteiger partial charge in [-0.05, 0) is 83.6 Å². The van der Waals surface area contributed by atoms with Crippen molar-refractivity contribution in [1.82, 2.24) is 0 Å². The lowest BCUT2D eigenvalue weighted by Crippen LogP contribution is -2.10. The minimum absolute atomic E-state index is 0.502. The molecule has 0 radical (unpaired) electrons. The Morgan fingerprint density at radius 2 is 0.694 bits per heavy atom. The van der Waals surface area contributed by atoms with Crippen molar-refractivity contribution in [3.05, 3.63) is 158 Å². The maximum atomic E-state index is 7.93. The van der Waals surface area contributed by atoms with Gasteiger partial charge in [0.15, 0.2) is 0 Å². The third kappa shape index (κ3) is 4.33. The number of para-hydroxylation sites is 4. The van der Waals surface area contributed by atoms with Gasteiger partial charge < -0.3 is 9.80 Å². The summed E-state index contributed by atoms with van der Waals surface area (Å²) in [4.78, 5) is 4.52. The summed E-state index contributed by atoms with van der Waals surface area (Å²) in [7, 11) is 0. The molecule has 0 bridgehead atoms. The lowest BCUT2D eigenvalue weighted by molar-refractivity contribution is 1.28. The molecule has 172 valence electrons. The molecule has 0 aromatic heterocycles. The molecule has 0 aliphatic rings. The van der Waals surface area contributed by atoms with Crippen molar-refractivity contribution in [1.29, 1.82) is 0 Å². The van der Waals surface area contributed by atoms with Gasteiger partial charge in [-0.2, -0.15) is 0 Å². The molecule has 0 unspecified atom stereocenters. The highest BCUT2D eigenvalue weighted by molar-refractivity contribution is 5.93. The smallest absolute Gasteiger partial charge is 0.0623 e. The van der Waals surface area contributed by atoms with Gasteiger partial charge in [-0.1, -0.05) is 84.9 Å². The fourth-order valence-electron chi connectivity index (χ4n) is 4.65. The molecule has 36 heavy (non-hydrogen) atoms. The highest BCUT2D eigenvalue weighted by Crippen LogP contribution is 2.39. The van der Waals surface area contributed by atoms with Crippen LogP contribution < -0.4 is 9.80 Å². The topological polar surface area (TPSA) is 6.48 Å². The van der Waals surface area contributed by atoms with E-state index in [-0.39, 0.29) is 0 Å². The van der Waals surface area contributed by atoms with Gasteiger partial charge in [-0.3, -0.25) is 0 Å². The van der Waals surface area contributed by atoms with Gasteiger partial charge in [0, 0.05) is 34.1 Å². The van der Waals surface area contributed by atoms with Crippen LogP contribution in [0.5, 0.6) is 0 Å². The number of anilines is 6. The van der Waals surface area contributed by atoms with Crippen molar-refractivity contribution in [2.24, 2.45) is 0 Å². The fraction of sp³-hybridized carbons (Fsp3) is 0. The summed E-state index contributed by atoms with van der Waals surface area (Å²) in [5.41, 5.74) is 6.50. The summed E-state index contributed by atoms with van der Waals surface area (Å²) < 4.78 is 7.93. The van der Waals surface area contributed by atoms with Crippen LogP contribution in [0.3, 0.4) is 0 Å². The average Bonchev–Trinajstić information content (AvgIpc) is 2.96. The van der Waals surface area contributed by atoms with Crippen molar-refractivity contribution in [2.75, 3.05) is 9.80 Å². The molecule has 0 amide bonds. The molecule has 0 saturated carbocycles. The van der Waals surface area contributed by atoms with Crippen LogP contribution in [0.25, 0.3) is 10.8 Å². The molecule has 6 aromatic carbocycles. The molecule has 0 aliphatic carbocycles. The molecule has 0 aliphatic heterocycles. The second-order valence-corrected chi connectivity index (χ2v) is 8.65. The van der Waals surface area contributed by atoms with E-state index in [0.29, 0.717) is 6.04 Å². The Balaban J connectivity index is 1.49. The Labute approximate surface area is 213 Å². The van der Waals surface area contributed by atoms with E-state index < -0.39 is 0 Å². The van der Waals surface area contributed by atoms with E-state index in [9.17, 15) is 0 Å². The van der Waals surface area contributed by atoms with Gasteiger partial charge in [0.05, 0.1) is 1.37 Å². The number of rotatable bonds is 6. The Hall–Kier alpha value is -4.82. The number of fused-ring (bicyclic) bond motifs is 1. The van der Waals surface area contributed by atoms with Crippen molar-refractivity contribution >= 4 is 44.9 Å². The quantitative estimate of drug-likeness (QED) is 0.242. The lowest BCUT2D eigenvalue weighted by Gasteiger charge is -2.27. The fourth-order valence-corrected chi connectivity index (χ4v) is 4.65. The molecule has 0 saturated heterocycles. The van der Waals surface area contributed by atoms with Crippen molar-refractivity contribution in [3.63, 3.8) is 0 Å². The third-order valence-electron chi connectivity index (χ3n) is 6.33. The van der Waals surface area contributed by atoms with Crippen LogP contribution in [0.1, 0.15) is 1.37 Å². The van der Waals surface area contributed by atoms with Crippen molar-refractivity contribution < 1.29 is 1.37 Å². The predicted octanol–water partition coefficient (Wildman–Crippen LogP) is 9.78. The zero-order valence-electron chi connectivity index (χ0n) is 20.8. The van der Waals surface area contributed by atoms with E-state index in [1.165, 1.54) is 5.39 Å².